The molecule has 0 radical (unpaired) electrons. The fourth-order valence-corrected chi connectivity index (χ4v) is 3.37. The number of rotatable bonds is 9. The lowest BCUT2D eigenvalue weighted by atomic mass is 10.1. The monoisotopic (exact) mass is 423 g/mol. The third kappa shape index (κ3) is 4.95. The Hall–Kier alpha value is -4.01. The normalized spacial score (nSPS) is 13.5. The van der Waals surface area contributed by atoms with Gasteiger partial charge in [0.25, 0.3) is 11.8 Å². The highest BCUT2D eigenvalue weighted by molar-refractivity contribution is 6.22. The number of fused-ring (bicyclic) bond motifs is 1. The van der Waals surface area contributed by atoms with Crippen molar-refractivity contribution in [3.8, 4) is 0 Å². The Bertz CT molecular complexity index is 986. The van der Waals surface area contributed by atoms with Crippen LogP contribution in [0.15, 0.2) is 54.6 Å². The summed E-state index contributed by atoms with van der Waals surface area (Å²) in [6, 6.07) is 13.5. The van der Waals surface area contributed by atoms with Gasteiger partial charge < -0.3 is 15.7 Å². The molecule has 0 saturated heterocycles. The number of carboxylic acid groups (broad SMARTS) is 1. The first-order chi connectivity index (χ1) is 14.9. The Balaban J connectivity index is 1.74. The molecule has 0 bridgehead atoms. The van der Waals surface area contributed by atoms with Crippen LogP contribution in [-0.2, 0) is 4.79 Å². The number of imide groups is 1. The van der Waals surface area contributed by atoms with Crippen molar-refractivity contribution in [2.75, 3.05) is 13.1 Å². The number of nitrogens with one attached hydrogen (secondary N) is 2. The SMILES string of the molecule is O=C(O)NCCCC(C(=O)NCC(=O)c1ccccc1)N1C(=O)c2ccccc2C1=O. The lowest BCUT2D eigenvalue weighted by Gasteiger charge is -2.25. The van der Waals surface area contributed by atoms with Crippen molar-refractivity contribution in [1.82, 2.24) is 15.5 Å². The van der Waals surface area contributed by atoms with Crippen LogP contribution in [-0.4, -0.2) is 58.7 Å². The molecule has 0 fully saturated rings. The molecule has 0 aliphatic carbocycles. The number of hydrogen-bond donors (Lipinski definition) is 3. The fourth-order valence-electron chi connectivity index (χ4n) is 3.37. The zero-order chi connectivity index (χ0) is 22.4. The van der Waals surface area contributed by atoms with Crippen LogP contribution in [0.5, 0.6) is 0 Å². The van der Waals surface area contributed by atoms with Crippen LogP contribution in [0.4, 0.5) is 4.79 Å². The average Bonchev–Trinajstić information content (AvgIpc) is 3.03. The maximum atomic E-state index is 12.9. The third-order valence-electron chi connectivity index (χ3n) is 4.89. The largest absolute Gasteiger partial charge is 0.465 e. The molecular formula is C22H21N3O6. The van der Waals surface area contributed by atoms with Crippen molar-refractivity contribution >= 4 is 29.6 Å². The van der Waals surface area contributed by atoms with E-state index in [-0.39, 0.29) is 42.8 Å². The van der Waals surface area contributed by atoms with Gasteiger partial charge in [-0.2, -0.15) is 0 Å². The minimum absolute atomic E-state index is 0.0388. The van der Waals surface area contributed by atoms with Gasteiger partial charge in [-0.15, -0.1) is 0 Å². The predicted molar refractivity (Wildman–Crippen MR) is 110 cm³/mol. The highest BCUT2D eigenvalue weighted by Crippen LogP contribution is 2.26. The highest BCUT2D eigenvalue weighted by Gasteiger charge is 2.42. The zero-order valence-corrected chi connectivity index (χ0v) is 16.5. The number of hydrogen-bond acceptors (Lipinski definition) is 5. The summed E-state index contributed by atoms with van der Waals surface area (Å²) in [4.78, 5) is 62.3. The van der Waals surface area contributed by atoms with Crippen LogP contribution in [0.2, 0.25) is 0 Å². The van der Waals surface area contributed by atoms with E-state index in [0.29, 0.717) is 5.56 Å². The second kappa shape index (κ2) is 9.66. The summed E-state index contributed by atoms with van der Waals surface area (Å²) in [5, 5.41) is 13.4. The average molecular weight is 423 g/mol. The summed E-state index contributed by atoms with van der Waals surface area (Å²) in [7, 11) is 0. The summed E-state index contributed by atoms with van der Waals surface area (Å²) < 4.78 is 0. The highest BCUT2D eigenvalue weighted by atomic mass is 16.4. The molecule has 9 heteroatoms. The number of carbonyl (C=O) groups is 5. The molecule has 0 saturated carbocycles. The topological polar surface area (TPSA) is 133 Å². The quantitative estimate of drug-likeness (QED) is 0.319. The molecule has 2 aromatic rings. The van der Waals surface area contributed by atoms with Crippen molar-refractivity contribution in [1.29, 1.82) is 0 Å². The van der Waals surface area contributed by atoms with Crippen LogP contribution < -0.4 is 10.6 Å². The Kier molecular flexibility index (Phi) is 6.76. The van der Waals surface area contributed by atoms with Crippen LogP contribution in [0.3, 0.4) is 0 Å². The molecule has 1 unspecified atom stereocenters. The summed E-state index contributed by atoms with van der Waals surface area (Å²) in [5.74, 6) is -2.17. The number of nitrogens with zero attached hydrogens (tertiary/aromatic N) is 1. The van der Waals surface area contributed by atoms with Crippen LogP contribution in [0, 0.1) is 0 Å². The summed E-state index contributed by atoms with van der Waals surface area (Å²) in [6.07, 6.45) is -0.961. The van der Waals surface area contributed by atoms with Crippen LogP contribution in [0.25, 0.3) is 0 Å². The van der Waals surface area contributed by atoms with E-state index in [9.17, 15) is 24.0 Å². The molecule has 1 heterocycles. The van der Waals surface area contributed by atoms with Crippen molar-refractivity contribution in [3.63, 3.8) is 0 Å². The molecule has 0 spiro atoms. The summed E-state index contributed by atoms with van der Waals surface area (Å²) in [6.45, 7) is -0.249. The van der Waals surface area contributed by atoms with Gasteiger partial charge in [-0.1, -0.05) is 42.5 Å². The number of Topliss-reactive ketones (excluding diaryl/α,β-unsaturated/α-hetero) is 1. The predicted octanol–water partition coefficient (Wildman–Crippen LogP) is 1.70. The number of ketones is 1. The Labute approximate surface area is 178 Å². The molecule has 1 aliphatic rings. The molecule has 31 heavy (non-hydrogen) atoms. The minimum atomic E-state index is -1.21. The molecule has 9 nitrogen and oxygen atoms in total. The van der Waals surface area contributed by atoms with E-state index in [1.54, 1.807) is 42.5 Å². The second-order valence-corrected chi connectivity index (χ2v) is 6.92. The third-order valence-corrected chi connectivity index (χ3v) is 4.89. The van der Waals surface area contributed by atoms with Crippen molar-refractivity contribution in [3.05, 3.63) is 71.3 Å². The van der Waals surface area contributed by atoms with E-state index in [1.807, 2.05) is 0 Å². The standard InChI is InChI=1S/C22H21N3O6/c26-18(14-7-2-1-3-8-14)13-24-19(27)17(11-6-12-23-22(30)31)25-20(28)15-9-4-5-10-16(15)21(25)29/h1-5,7-10,17,23H,6,11-13H2,(H,24,27)(H,30,31). The number of benzene rings is 2. The molecule has 1 atom stereocenters. The summed E-state index contributed by atoms with van der Waals surface area (Å²) >= 11 is 0. The van der Waals surface area contributed by atoms with Gasteiger partial charge in [0.15, 0.2) is 5.78 Å². The van der Waals surface area contributed by atoms with E-state index in [2.05, 4.69) is 10.6 Å². The molecule has 3 rings (SSSR count). The first-order valence-corrected chi connectivity index (χ1v) is 9.70. The number of carbonyl (C=O) groups excluding carboxylic acids is 4. The van der Waals surface area contributed by atoms with Crippen LogP contribution in [0.1, 0.15) is 43.9 Å². The number of amides is 4. The maximum absolute atomic E-state index is 12.9. The van der Waals surface area contributed by atoms with Gasteiger partial charge in [0.1, 0.15) is 6.04 Å². The molecule has 4 amide bonds. The van der Waals surface area contributed by atoms with Gasteiger partial charge in [-0.05, 0) is 25.0 Å². The van der Waals surface area contributed by atoms with E-state index in [0.717, 1.165) is 4.90 Å². The first-order valence-electron chi connectivity index (χ1n) is 9.70. The van der Waals surface area contributed by atoms with E-state index in [4.69, 9.17) is 5.11 Å². The first kappa shape index (κ1) is 21.7. The van der Waals surface area contributed by atoms with E-state index in [1.165, 1.54) is 12.1 Å². The molecule has 0 aromatic heterocycles. The zero-order valence-electron chi connectivity index (χ0n) is 16.5. The molecular weight excluding hydrogens is 402 g/mol. The smallest absolute Gasteiger partial charge is 0.404 e. The van der Waals surface area contributed by atoms with Gasteiger partial charge in [-0.25, -0.2) is 4.79 Å². The van der Waals surface area contributed by atoms with Crippen molar-refractivity contribution in [2.24, 2.45) is 0 Å². The van der Waals surface area contributed by atoms with Crippen molar-refractivity contribution < 1.29 is 29.1 Å². The maximum Gasteiger partial charge on any atom is 0.404 e. The lowest BCUT2D eigenvalue weighted by molar-refractivity contribution is -0.125. The van der Waals surface area contributed by atoms with E-state index < -0.39 is 29.9 Å². The van der Waals surface area contributed by atoms with Crippen molar-refractivity contribution in [2.45, 2.75) is 18.9 Å². The van der Waals surface area contributed by atoms with Gasteiger partial charge >= 0.3 is 6.09 Å². The Morgan fingerprint density at radius 2 is 1.45 bits per heavy atom. The van der Waals surface area contributed by atoms with Gasteiger partial charge in [0.05, 0.1) is 17.7 Å². The molecule has 1 aliphatic heterocycles. The minimum Gasteiger partial charge on any atom is -0.465 e. The van der Waals surface area contributed by atoms with Gasteiger partial charge in [0, 0.05) is 12.1 Å². The van der Waals surface area contributed by atoms with Crippen LogP contribution >= 0.6 is 0 Å². The summed E-state index contributed by atoms with van der Waals surface area (Å²) in [5.41, 5.74) is 0.828. The Morgan fingerprint density at radius 1 is 0.871 bits per heavy atom. The van der Waals surface area contributed by atoms with Gasteiger partial charge in [-0.3, -0.25) is 24.1 Å². The molecule has 2 aromatic carbocycles. The Morgan fingerprint density at radius 3 is 2.03 bits per heavy atom. The molecule has 160 valence electrons. The fraction of sp³-hybridized carbons (Fsp3) is 0.227. The van der Waals surface area contributed by atoms with Gasteiger partial charge in [0.2, 0.25) is 5.91 Å². The lowest BCUT2D eigenvalue weighted by Crippen LogP contribution is -2.50. The second-order valence-electron chi connectivity index (χ2n) is 6.92. The van der Waals surface area contributed by atoms with E-state index >= 15 is 0 Å². The molecule has 3 N–H and O–H groups in total.